The second-order valence-corrected chi connectivity index (χ2v) is 4.91. The lowest BCUT2D eigenvalue weighted by atomic mass is 10.2. The first-order valence-electron chi connectivity index (χ1n) is 7.11. The molecule has 2 rings (SSSR count). The Labute approximate surface area is 142 Å². The van der Waals surface area contributed by atoms with E-state index in [1.165, 1.54) is 19.2 Å². The molecule has 25 heavy (non-hydrogen) atoms. The molecule has 0 aliphatic heterocycles. The highest BCUT2D eigenvalue weighted by molar-refractivity contribution is 6.05. The van der Waals surface area contributed by atoms with Crippen LogP contribution in [0.15, 0.2) is 42.5 Å². The molecule has 2 amide bonds. The summed E-state index contributed by atoms with van der Waals surface area (Å²) < 4.78 is 22.7. The van der Waals surface area contributed by atoms with Gasteiger partial charge >= 0.3 is 5.97 Å². The fourth-order valence-electron chi connectivity index (χ4n) is 1.91. The fourth-order valence-corrected chi connectivity index (χ4v) is 1.91. The van der Waals surface area contributed by atoms with E-state index in [1.807, 2.05) is 0 Å². The minimum absolute atomic E-state index is 0.0734. The van der Waals surface area contributed by atoms with Gasteiger partial charge in [-0.15, -0.1) is 0 Å². The average molecular weight is 346 g/mol. The first kappa shape index (κ1) is 17.9. The van der Waals surface area contributed by atoms with Gasteiger partial charge < -0.3 is 15.2 Å². The molecule has 0 aliphatic rings. The number of imide groups is 1. The van der Waals surface area contributed by atoms with Crippen LogP contribution in [0.2, 0.25) is 0 Å². The third-order valence-corrected chi connectivity index (χ3v) is 3.17. The Kier molecular flexibility index (Phi) is 5.67. The number of halogens is 1. The summed E-state index contributed by atoms with van der Waals surface area (Å²) in [4.78, 5) is 35.4. The van der Waals surface area contributed by atoms with Crippen LogP contribution in [0.25, 0.3) is 0 Å². The van der Waals surface area contributed by atoms with E-state index in [9.17, 15) is 18.8 Å². The predicted octanol–water partition coefficient (Wildman–Crippen LogP) is 1.53. The van der Waals surface area contributed by atoms with Crippen molar-refractivity contribution in [1.29, 1.82) is 0 Å². The van der Waals surface area contributed by atoms with Gasteiger partial charge in [0, 0.05) is 11.3 Å². The smallest absolute Gasteiger partial charge is 0.340 e. The van der Waals surface area contributed by atoms with Gasteiger partial charge in [-0.1, -0.05) is 0 Å². The molecule has 0 aromatic heterocycles. The highest BCUT2D eigenvalue weighted by Crippen LogP contribution is 2.14. The normalized spacial score (nSPS) is 10.0. The van der Waals surface area contributed by atoms with Gasteiger partial charge in [0.1, 0.15) is 11.6 Å². The molecule has 0 heterocycles. The Bertz CT molecular complexity index is 805. The van der Waals surface area contributed by atoms with Gasteiger partial charge in [-0.2, -0.15) is 0 Å². The monoisotopic (exact) mass is 346 g/mol. The van der Waals surface area contributed by atoms with Gasteiger partial charge in [-0.05, 0) is 42.5 Å². The summed E-state index contributed by atoms with van der Waals surface area (Å²) in [6.07, 6.45) is 0. The van der Waals surface area contributed by atoms with E-state index in [0.29, 0.717) is 5.75 Å². The van der Waals surface area contributed by atoms with E-state index in [0.717, 1.165) is 18.2 Å². The molecule has 0 radical (unpaired) electrons. The molecule has 2 aromatic rings. The SMILES string of the molecule is COc1ccc(C(=O)NC(=O)COC(=O)c2ccc(F)cc2N)cc1. The number of rotatable bonds is 5. The number of carbonyl (C=O) groups excluding carboxylic acids is 3. The van der Waals surface area contributed by atoms with E-state index < -0.39 is 30.2 Å². The maximum Gasteiger partial charge on any atom is 0.340 e. The van der Waals surface area contributed by atoms with Crippen molar-refractivity contribution in [3.63, 3.8) is 0 Å². The van der Waals surface area contributed by atoms with E-state index in [1.54, 1.807) is 12.1 Å². The van der Waals surface area contributed by atoms with Crippen LogP contribution in [-0.2, 0) is 9.53 Å². The number of methoxy groups -OCH3 is 1. The molecule has 0 atom stereocenters. The lowest BCUT2D eigenvalue weighted by Gasteiger charge is -2.08. The number of hydrogen-bond acceptors (Lipinski definition) is 6. The van der Waals surface area contributed by atoms with Crippen LogP contribution >= 0.6 is 0 Å². The highest BCUT2D eigenvalue weighted by atomic mass is 19.1. The third-order valence-electron chi connectivity index (χ3n) is 3.17. The van der Waals surface area contributed by atoms with Gasteiger partial charge in [0.2, 0.25) is 0 Å². The van der Waals surface area contributed by atoms with Gasteiger partial charge in [0.15, 0.2) is 6.61 Å². The molecule has 0 spiro atoms. The van der Waals surface area contributed by atoms with Crippen LogP contribution in [-0.4, -0.2) is 31.5 Å². The first-order valence-corrected chi connectivity index (χ1v) is 7.11. The van der Waals surface area contributed by atoms with Crippen LogP contribution in [0.4, 0.5) is 10.1 Å². The fraction of sp³-hybridized carbons (Fsp3) is 0.118. The highest BCUT2D eigenvalue weighted by Gasteiger charge is 2.16. The molecule has 130 valence electrons. The lowest BCUT2D eigenvalue weighted by molar-refractivity contribution is -0.123. The van der Waals surface area contributed by atoms with Crippen molar-refractivity contribution >= 4 is 23.5 Å². The summed E-state index contributed by atoms with van der Waals surface area (Å²) in [6.45, 7) is -0.683. The topological polar surface area (TPSA) is 108 Å². The third kappa shape index (κ3) is 4.77. The number of nitrogens with one attached hydrogen (secondary N) is 1. The Balaban J connectivity index is 1.89. The maximum absolute atomic E-state index is 12.9. The number of benzene rings is 2. The Morgan fingerprint density at radius 3 is 2.40 bits per heavy atom. The molecule has 0 aliphatic carbocycles. The van der Waals surface area contributed by atoms with Crippen molar-refractivity contribution in [3.05, 3.63) is 59.4 Å². The van der Waals surface area contributed by atoms with E-state index >= 15 is 0 Å². The number of nitrogens with two attached hydrogens (primary N) is 1. The van der Waals surface area contributed by atoms with Crippen molar-refractivity contribution in [2.45, 2.75) is 0 Å². The number of amides is 2. The molecular weight excluding hydrogens is 331 g/mol. The quantitative estimate of drug-likeness (QED) is 0.628. The molecule has 7 nitrogen and oxygen atoms in total. The van der Waals surface area contributed by atoms with Crippen LogP contribution in [0.5, 0.6) is 5.75 Å². The standard InChI is InChI=1S/C17H15FN2O5/c1-24-12-5-2-10(3-6-12)16(22)20-15(21)9-25-17(23)13-7-4-11(18)8-14(13)19/h2-8H,9,19H2,1H3,(H,20,21,22). The molecule has 0 unspecified atom stereocenters. The number of nitrogen functional groups attached to an aromatic ring is 1. The Hall–Kier alpha value is -3.42. The van der Waals surface area contributed by atoms with Crippen molar-refractivity contribution in [2.75, 3.05) is 19.5 Å². The minimum atomic E-state index is -0.899. The molecule has 3 N–H and O–H groups in total. The van der Waals surface area contributed by atoms with Gasteiger partial charge in [0.25, 0.3) is 11.8 Å². The van der Waals surface area contributed by atoms with E-state index in [4.69, 9.17) is 15.2 Å². The number of anilines is 1. The molecule has 0 saturated heterocycles. The van der Waals surface area contributed by atoms with Crippen LogP contribution in [0.3, 0.4) is 0 Å². The number of carbonyl (C=O) groups is 3. The van der Waals surface area contributed by atoms with Crippen LogP contribution < -0.4 is 15.8 Å². The summed E-state index contributed by atoms with van der Waals surface area (Å²) in [5.74, 6) is -2.39. The van der Waals surface area contributed by atoms with Gasteiger partial charge in [-0.25, -0.2) is 9.18 Å². The summed E-state index contributed by atoms with van der Waals surface area (Å²) >= 11 is 0. The zero-order valence-corrected chi connectivity index (χ0v) is 13.2. The molecule has 0 saturated carbocycles. The largest absolute Gasteiger partial charge is 0.497 e. The summed E-state index contributed by atoms with van der Waals surface area (Å²) in [7, 11) is 1.49. The number of ether oxygens (including phenoxy) is 2. The van der Waals surface area contributed by atoms with Gasteiger partial charge in [0.05, 0.1) is 12.7 Å². The molecule has 8 heteroatoms. The molecule has 0 fully saturated rings. The zero-order chi connectivity index (χ0) is 18.4. The molecule has 0 bridgehead atoms. The summed E-state index contributed by atoms with van der Waals surface area (Å²) in [6, 6.07) is 9.24. The van der Waals surface area contributed by atoms with E-state index in [2.05, 4.69) is 5.32 Å². The predicted molar refractivity (Wildman–Crippen MR) is 86.6 cm³/mol. The van der Waals surface area contributed by atoms with Crippen molar-refractivity contribution in [2.24, 2.45) is 0 Å². The molecule has 2 aromatic carbocycles. The van der Waals surface area contributed by atoms with Gasteiger partial charge in [-0.3, -0.25) is 14.9 Å². The second kappa shape index (κ2) is 7.91. The Morgan fingerprint density at radius 1 is 1.12 bits per heavy atom. The number of hydrogen-bond donors (Lipinski definition) is 2. The van der Waals surface area contributed by atoms with Crippen molar-refractivity contribution in [3.8, 4) is 5.75 Å². The maximum atomic E-state index is 12.9. The number of esters is 1. The van der Waals surface area contributed by atoms with Crippen LogP contribution in [0, 0.1) is 5.82 Å². The zero-order valence-electron chi connectivity index (χ0n) is 13.2. The van der Waals surface area contributed by atoms with Crippen molar-refractivity contribution < 1.29 is 28.2 Å². The van der Waals surface area contributed by atoms with E-state index in [-0.39, 0.29) is 16.8 Å². The summed E-state index contributed by atoms with van der Waals surface area (Å²) in [5.41, 5.74) is 5.56. The molecular formula is C17H15FN2O5. The van der Waals surface area contributed by atoms with Crippen molar-refractivity contribution in [1.82, 2.24) is 5.32 Å². The lowest BCUT2D eigenvalue weighted by Crippen LogP contribution is -2.34. The Morgan fingerprint density at radius 2 is 1.80 bits per heavy atom. The minimum Gasteiger partial charge on any atom is -0.497 e. The average Bonchev–Trinajstić information content (AvgIpc) is 2.59. The first-order chi connectivity index (χ1) is 11.9. The summed E-state index contributed by atoms with van der Waals surface area (Å²) in [5, 5.41) is 2.08. The van der Waals surface area contributed by atoms with Crippen LogP contribution in [0.1, 0.15) is 20.7 Å². The second-order valence-electron chi connectivity index (χ2n) is 4.91.